The van der Waals surface area contributed by atoms with Crippen LogP contribution in [0.3, 0.4) is 0 Å². The van der Waals surface area contributed by atoms with Gasteiger partial charge in [0.1, 0.15) is 15.6 Å². The molecule has 0 fully saturated rings. The van der Waals surface area contributed by atoms with Crippen LogP contribution < -0.4 is 10.6 Å². The molecule has 3 heterocycles. The quantitative estimate of drug-likeness (QED) is 0.374. The molecule has 2 N–H and O–H groups in total. The van der Waals surface area contributed by atoms with E-state index in [0.29, 0.717) is 38.5 Å². The van der Waals surface area contributed by atoms with Crippen molar-refractivity contribution in [3.05, 3.63) is 34.2 Å². The molecule has 2 amide bonds. The minimum Gasteiger partial charge on any atom is -0.444 e. The fraction of sp³-hybridized carbons (Fsp3) is 0.519. The van der Waals surface area contributed by atoms with Crippen LogP contribution in [0.4, 0.5) is 9.80 Å². The molecule has 0 aliphatic carbocycles. The minimum atomic E-state index is -0.542. The number of aromatic nitrogens is 1. The van der Waals surface area contributed by atoms with Gasteiger partial charge >= 0.3 is 6.09 Å². The number of thiazole rings is 1. The summed E-state index contributed by atoms with van der Waals surface area (Å²) in [6.45, 7) is 13.6. The number of nitrogens with zero attached hydrogens (tertiary/aromatic N) is 2. The lowest BCUT2D eigenvalue weighted by atomic mass is 10.0. The lowest BCUT2D eigenvalue weighted by Crippen LogP contribution is -2.39. The number of hydrogen-bond acceptors (Lipinski definition) is 7. The molecule has 0 bridgehead atoms. The molecule has 0 unspecified atom stereocenters. The van der Waals surface area contributed by atoms with Gasteiger partial charge in [-0.05, 0) is 70.7 Å². The van der Waals surface area contributed by atoms with Crippen LogP contribution in [0.1, 0.15) is 63.5 Å². The molecule has 7 nitrogen and oxygen atoms in total. The van der Waals surface area contributed by atoms with Gasteiger partial charge in [-0.25, -0.2) is 9.78 Å². The van der Waals surface area contributed by atoms with E-state index < -0.39 is 5.60 Å². The number of carbonyl (C=O) groups excluding carboxylic acids is 2. The third-order valence-electron chi connectivity index (χ3n) is 6.18. The summed E-state index contributed by atoms with van der Waals surface area (Å²) in [6, 6.07) is 6.68. The van der Waals surface area contributed by atoms with E-state index in [2.05, 4.69) is 49.6 Å². The Morgan fingerprint density at radius 3 is 2.75 bits per heavy atom. The highest BCUT2D eigenvalue weighted by Crippen LogP contribution is 2.46. The maximum absolute atomic E-state index is 12.9. The van der Waals surface area contributed by atoms with Crippen molar-refractivity contribution in [3.63, 3.8) is 0 Å². The fourth-order valence-electron chi connectivity index (χ4n) is 4.11. The van der Waals surface area contributed by atoms with E-state index in [1.54, 1.807) is 27.6 Å². The minimum absolute atomic E-state index is 0.0217. The van der Waals surface area contributed by atoms with Crippen LogP contribution in [0.2, 0.25) is 0 Å². The Hall–Kier alpha value is -2.49. The number of rotatable bonds is 7. The van der Waals surface area contributed by atoms with Crippen LogP contribution >= 0.6 is 22.7 Å². The Morgan fingerprint density at radius 1 is 1.25 bits per heavy atom. The second-order valence-electron chi connectivity index (χ2n) is 10.4. The van der Waals surface area contributed by atoms with Gasteiger partial charge in [0.2, 0.25) is 5.91 Å². The van der Waals surface area contributed by atoms with E-state index >= 15 is 0 Å². The summed E-state index contributed by atoms with van der Waals surface area (Å²) in [6.07, 6.45) is 1.81. The predicted octanol–water partition coefficient (Wildman–Crippen LogP) is 6.34. The SMILES string of the molecule is CC[C@@H](C)NCCC(=O)Nc1sc2c(c1-c1nc3cc(C)ccc3s1)CCN(C(=O)OC(C)(C)C)C2. The molecular weight excluding hydrogens is 492 g/mol. The number of aryl methyl sites for hydroxylation is 1. The van der Waals surface area contributed by atoms with E-state index in [1.807, 2.05) is 20.8 Å². The zero-order valence-corrected chi connectivity index (χ0v) is 23.6. The predicted molar refractivity (Wildman–Crippen MR) is 149 cm³/mol. The second-order valence-corrected chi connectivity index (χ2v) is 12.5. The lowest BCUT2D eigenvalue weighted by Gasteiger charge is -2.30. The van der Waals surface area contributed by atoms with Crippen LogP contribution in [0.5, 0.6) is 0 Å². The number of nitrogens with one attached hydrogen (secondary N) is 2. The van der Waals surface area contributed by atoms with Crippen LogP contribution in [0.15, 0.2) is 18.2 Å². The smallest absolute Gasteiger partial charge is 0.410 e. The standard InChI is InChI=1S/C27H36N4O3S2/c1-7-17(3)28-12-10-22(32)30-25-23(24-29-19-14-16(2)8-9-20(19)35-24)18-11-13-31(15-21(18)36-25)26(33)34-27(4,5)6/h8-9,14,17,28H,7,10-13,15H2,1-6H3,(H,30,32)/t17-/m1/s1. The molecule has 1 aliphatic rings. The van der Waals surface area contributed by atoms with Gasteiger partial charge in [-0.2, -0.15) is 0 Å². The molecule has 0 spiro atoms. The van der Waals surface area contributed by atoms with E-state index in [4.69, 9.17) is 9.72 Å². The third-order valence-corrected chi connectivity index (χ3v) is 8.36. The number of anilines is 1. The number of thiophene rings is 1. The van der Waals surface area contributed by atoms with Gasteiger partial charge in [0.25, 0.3) is 0 Å². The molecule has 2 aromatic heterocycles. The number of ether oxygens (including phenoxy) is 1. The number of benzene rings is 1. The molecule has 194 valence electrons. The third kappa shape index (κ3) is 6.25. The van der Waals surface area contributed by atoms with Gasteiger partial charge in [-0.1, -0.05) is 13.0 Å². The van der Waals surface area contributed by atoms with Gasteiger partial charge in [0.15, 0.2) is 0 Å². The highest BCUT2D eigenvalue weighted by atomic mass is 32.1. The first-order chi connectivity index (χ1) is 17.0. The molecule has 3 aromatic rings. The Balaban J connectivity index is 1.63. The molecule has 0 radical (unpaired) electrons. The summed E-state index contributed by atoms with van der Waals surface area (Å²) in [5.41, 5.74) is 3.77. The van der Waals surface area contributed by atoms with E-state index in [-0.39, 0.29) is 12.0 Å². The Morgan fingerprint density at radius 2 is 2.03 bits per heavy atom. The molecule has 4 rings (SSSR count). The highest BCUT2D eigenvalue weighted by molar-refractivity contribution is 7.23. The van der Waals surface area contributed by atoms with Crippen LogP contribution in [-0.4, -0.2) is 46.6 Å². The van der Waals surface area contributed by atoms with Crippen molar-refractivity contribution in [3.8, 4) is 10.6 Å². The van der Waals surface area contributed by atoms with Gasteiger partial charge in [-0.3, -0.25) is 4.79 Å². The lowest BCUT2D eigenvalue weighted by molar-refractivity contribution is -0.116. The van der Waals surface area contributed by atoms with Crippen LogP contribution in [0.25, 0.3) is 20.8 Å². The van der Waals surface area contributed by atoms with Crippen molar-refractivity contribution in [2.45, 2.75) is 79.0 Å². The molecule has 9 heteroatoms. The van der Waals surface area contributed by atoms with E-state index in [0.717, 1.165) is 37.1 Å². The Labute approximate surface area is 221 Å². The van der Waals surface area contributed by atoms with E-state index in [1.165, 1.54) is 11.1 Å². The van der Waals surface area contributed by atoms with E-state index in [9.17, 15) is 9.59 Å². The molecule has 36 heavy (non-hydrogen) atoms. The number of carbonyl (C=O) groups is 2. The molecule has 1 aliphatic heterocycles. The summed E-state index contributed by atoms with van der Waals surface area (Å²) in [5.74, 6) is -0.0217. The van der Waals surface area contributed by atoms with Crippen molar-refractivity contribution in [1.82, 2.24) is 15.2 Å². The fourth-order valence-corrected chi connectivity index (χ4v) is 6.48. The Kier molecular flexibility index (Phi) is 8.02. The first-order valence-corrected chi connectivity index (χ1v) is 14.2. The molecule has 0 saturated heterocycles. The summed E-state index contributed by atoms with van der Waals surface area (Å²) < 4.78 is 6.73. The second kappa shape index (κ2) is 10.9. The number of fused-ring (bicyclic) bond motifs is 2. The number of amides is 2. The summed E-state index contributed by atoms with van der Waals surface area (Å²) in [4.78, 5) is 33.4. The monoisotopic (exact) mass is 528 g/mol. The molecular formula is C27H36N4O3S2. The van der Waals surface area contributed by atoms with Crippen LogP contribution in [-0.2, 0) is 22.5 Å². The van der Waals surface area contributed by atoms with Crippen molar-refractivity contribution < 1.29 is 14.3 Å². The van der Waals surface area contributed by atoms with Gasteiger partial charge in [-0.15, -0.1) is 22.7 Å². The topological polar surface area (TPSA) is 83.6 Å². The van der Waals surface area contributed by atoms with Crippen molar-refractivity contribution in [2.75, 3.05) is 18.4 Å². The summed E-state index contributed by atoms with van der Waals surface area (Å²) in [5, 5.41) is 8.27. The summed E-state index contributed by atoms with van der Waals surface area (Å²) in [7, 11) is 0. The normalized spacial score (nSPS) is 14.6. The first kappa shape index (κ1) is 26.6. The molecule has 1 atom stereocenters. The average Bonchev–Trinajstić information content (AvgIpc) is 3.36. The van der Waals surface area contributed by atoms with Crippen molar-refractivity contribution in [1.29, 1.82) is 0 Å². The summed E-state index contributed by atoms with van der Waals surface area (Å²) >= 11 is 3.19. The largest absolute Gasteiger partial charge is 0.444 e. The van der Waals surface area contributed by atoms with Crippen molar-refractivity contribution in [2.24, 2.45) is 0 Å². The van der Waals surface area contributed by atoms with Gasteiger partial charge < -0.3 is 20.3 Å². The zero-order valence-electron chi connectivity index (χ0n) is 22.0. The first-order valence-electron chi connectivity index (χ1n) is 12.6. The highest BCUT2D eigenvalue weighted by Gasteiger charge is 2.31. The van der Waals surface area contributed by atoms with Crippen LogP contribution in [0, 0.1) is 6.92 Å². The number of hydrogen-bond donors (Lipinski definition) is 2. The molecule has 0 saturated carbocycles. The molecule has 1 aromatic carbocycles. The maximum atomic E-state index is 12.9. The van der Waals surface area contributed by atoms with Crippen molar-refractivity contribution >= 4 is 49.9 Å². The van der Waals surface area contributed by atoms with Gasteiger partial charge in [0, 0.05) is 36.0 Å². The Bertz CT molecular complexity index is 1260. The maximum Gasteiger partial charge on any atom is 0.410 e. The average molecular weight is 529 g/mol. The van der Waals surface area contributed by atoms with Gasteiger partial charge in [0.05, 0.1) is 16.8 Å². The zero-order chi connectivity index (χ0) is 26.0.